The van der Waals surface area contributed by atoms with Gasteiger partial charge in [-0.05, 0) is 68.1 Å². The molecule has 1 aliphatic heterocycles. The number of amides is 2. The molecule has 11 heteroatoms. The van der Waals surface area contributed by atoms with E-state index in [0.29, 0.717) is 29.3 Å². The Balaban J connectivity index is 1.27. The SMILES string of the molecule is CN(C)C(=O)c1ccc(N2CCC(CCCNC(=O)[C@](O)(c3cccc(C4CC4)c3)C(F)(F)F)CC2)nc1Cl. The molecule has 4 rings (SSSR count). The predicted octanol–water partition coefficient (Wildman–Crippen LogP) is 4.88. The van der Waals surface area contributed by atoms with Crippen LogP contribution in [0.5, 0.6) is 0 Å². The lowest BCUT2D eigenvalue weighted by Crippen LogP contribution is -2.54. The molecule has 2 aromatic rings. The Kier molecular flexibility index (Phi) is 8.75. The van der Waals surface area contributed by atoms with Gasteiger partial charge in [-0.15, -0.1) is 0 Å². The van der Waals surface area contributed by atoms with Crippen LogP contribution in [0.4, 0.5) is 19.0 Å². The van der Waals surface area contributed by atoms with E-state index in [0.717, 1.165) is 51.3 Å². The fraction of sp³-hybridized carbons (Fsp3) is 0.536. The van der Waals surface area contributed by atoms with Gasteiger partial charge in [-0.25, -0.2) is 4.98 Å². The Morgan fingerprint density at radius 2 is 1.82 bits per heavy atom. The zero-order valence-electron chi connectivity index (χ0n) is 22.1. The highest BCUT2D eigenvalue weighted by atomic mass is 35.5. The number of aromatic nitrogens is 1. The molecule has 1 aromatic carbocycles. The Bertz CT molecular complexity index is 1200. The summed E-state index contributed by atoms with van der Waals surface area (Å²) in [5.41, 5.74) is -2.98. The number of hydrogen-bond donors (Lipinski definition) is 2. The number of anilines is 1. The van der Waals surface area contributed by atoms with Gasteiger partial charge in [0.05, 0.1) is 5.56 Å². The number of carbonyl (C=O) groups excluding carboxylic acids is 2. The number of carbonyl (C=O) groups is 2. The first kappa shape index (κ1) is 29.1. The van der Waals surface area contributed by atoms with Gasteiger partial charge in [0.1, 0.15) is 11.0 Å². The second-order valence-corrected chi connectivity index (χ2v) is 11.0. The predicted molar refractivity (Wildman–Crippen MR) is 143 cm³/mol. The third-order valence-corrected chi connectivity index (χ3v) is 7.86. The summed E-state index contributed by atoms with van der Waals surface area (Å²) in [4.78, 5) is 32.7. The molecular weight excluding hydrogens is 533 g/mol. The first-order valence-corrected chi connectivity index (χ1v) is 13.6. The smallest absolute Gasteiger partial charge is 0.369 e. The van der Waals surface area contributed by atoms with Crippen molar-refractivity contribution in [1.82, 2.24) is 15.2 Å². The summed E-state index contributed by atoms with van der Waals surface area (Å²) in [6.07, 6.45) is -0.419. The largest absolute Gasteiger partial charge is 0.430 e. The molecule has 0 spiro atoms. The standard InChI is InChI=1S/C28H34ClF3N4O3/c1-35(2)25(37)22-10-11-23(34-24(22)29)36-15-12-18(13-16-36)5-4-14-33-26(38)27(39,28(30,31)32)21-7-3-6-20(17-21)19-8-9-19/h3,6-7,10-11,17-19,39H,4-5,8-9,12-16H2,1-2H3,(H,33,38)/t27-/m1/s1. The van der Waals surface area contributed by atoms with E-state index in [1.807, 2.05) is 0 Å². The van der Waals surface area contributed by atoms with Gasteiger partial charge in [0, 0.05) is 39.3 Å². The molecule has 2 heterocycles. The molecule has 1 aliphatic carbocycles. The van der Waals surface area contributed by atoms with Crippen molar-refractivity contribution in [3.8, 4) is 0 Å². The number of aliphatic hydroxyl groups is 1. The second-order valence-electron chi connectivity index (χ2n) is 10.6. The van der Waals surface area contributed by atoms with Crippen LogP contribution in [0.2, 0.25) is 5.15 Å². The number of hydrogen-bond acceptors (Lipinski definition) is 5. The van der Waals surface area contributed by atoms with Crippen molar-refractivity contribution in [3.05, 3.63) is 58.2 Å². The average molecular weight is 567 g/mol. The number of halogens is 4. The molecule has 2 amide bonds. The molecular formula is C28H34ClF3N4O3. The number of rotatable bonds is 9. The maximum Gasteiger partial charge on any atom is 0.430 e. The van der Waals surface area contributed by atoms with Crippen LogP contribution in [0.25, 0.3) is 0 Å². The molecule has 2 N–H and O–H groups in total. The van der Waals surface area contributed by atoms with E-state index in [2.05, 4.69) is 15.2 Å². The average Bonchev–Trinajstić information content (AvgIpc) is 3.75. The highest BCUT2D eigenvalue weighted by molar-refractivity contribution is 6.32. The van der Waals surface area contributed by atoms with Crippen LogP contribution in [-0.4, -0.2) is 66.7 Å². The summed E-state index contributed by atoms with van der Waals surface area (Å²) < 4.78 is 41.8. The van der Waals surface area contributed by atoms with Crippen LogP contribution in [0.1, 0.15) is 65.9 Å². The summed E-state index contributed by atoms with van der Waals surface area (Å²) in [5, 5.41) is 13.1. The molecule has 2 fully saturated rings. The minimum absolute atomic E-state index is 0.0400. The van der Waals surface area contributed by atoms with Gasteiger partial charge < -0.3 is 20.2 Å². The minimum atomic E-state index is -5.15. The summed E-state index contributed by atoms with van der Waals surface area (Å²) in [6, 6.07) is 9.09. The number of nitrogens with one attached hydrogen (secondary N) is 1. The lowest BCUT2D eigenvalue weighted by Gasteiger charge is -2.33. The Morgan fingerprint density at radius 1 is 1.13 bits per heavy atom. The van der Waals surface area contributed by atoms with E-state index >= 15 is 0 Å². The maximum atomic E-state index is 13.9. The molecule has 2 aliphatic rings. The quantitative estimate of drug-likeness (QED) is 0.334. The van der Waals surface area contributed by atoms with Gasteiger partial charge in [0.2, 0.25) is 0 Å². The summed E-state index contributed by atoms with van der Waals surface area (Å²) >= 11 is 6.24. The van der Waals surface area contributed by atoms with Crippen LogP contribution in [0.3, 0.4) is 0 Å². The molecule has 1 atom stereocenters. The van der Waals surface area contributed by atoms with Crippen molar-refractivity contribution >= 4 is 29.2 Å². The zero-order chi connectivity index (χ0) is 28.4. The fourth-order valence-electron chi connectivity index (χ4n) is 5.03. The Labute approximate surface area is 231 Å². The van der Waals surface area contributed by atoms with E-state index in [4.69, 9.17) is 11.6 Å². The summed E-state index contributed by atoms with van der Waals surface area (Å²) in [6.45, 7) is 1.50. The Morgan fingerprint density at radius 3 is 2.41 bits per heavy atom. The normalized spacial score (nSPS) is 18.0. The maximum absolute atomic E-state index is 13.9. The van der Waals surface area contributed by atoms with Gasteiger partial charge in [-0.2, -0.15) is 13.2 Å². The number of piperidine rings is 1. The van der Waals surface area contributed by atoms with Gasteiger partial charge in [0.25, 0.3) is 17.4 Å². The third-order valence-electron chi connectivity index (χ3n) is 7.58. The fourth-order valence-corrected chi connectivity index (χ4v) is 5.26. The van der Waals surface area contributed by atoms with E-state index < -0.39 is 23.2 Å². The second kappa shape index (κ2) is 11.7. The molecule has 212 valence electrons. The van der Waals surface area contributed by atoms with Crippen LogP contribution in [-0.2, 0) is 10.4 Å². The third kappa shape index (κ3) is 6.49. The molecule has 1 saturated carbocycles. The Hall–Kier alpha value is -2.85. The first-order chi connectivity index (χ1) is 18.4. The van der Waals surface area contributed by atoms with Gasteiger partial charge in [-0.3, -0.25) is 9.59 Å². The lowest BCUT2D eigenvalue weighted by atomic mass is 9.89. The van der Waals surface area contributed by atoms with Crippen LogP contribution in [0, 0.1) is 5.92 Å². The van der Waals surface area contributed by atoms with E-state index in [1.165, 1.54) is 17.0 Å². The summed E-state index contributed by atoms with van der Waals surface area (Å²) in [5.74, 6) is -0.434. The van der Waals surface area contributed by atoms with Gasteiger partial charge in [-0.1, -0.05) is 35.9 Å². The number of alkyl halides is 3. The van der Waals surface area contributed by atoms with Crippen molar-refractivity contribution in [2.75, 3.05) is 38.6 Å². The molecule has 0 radical (unpaired) electrons. The molecule has 0 bridgehead atoms. The van der Waals surface area contributed by atoms with Crippen molar-refractivity contribution in [3.63, 3.8) is 0 Å². The first-order valence-electron chi connectivity index (χ1n) is 13.2. The van der Waals surface area contributed by atoms with E-state index in [9.17, 15) is 27.9 Å². The monoisotopic (exact) mass is 566 g/mol. The number of benzene rings is 1. The lowest BCUT2D eigenvalue weighted by molar-refractivity contribution is -0.257. The van der Waals surface area contributed by atoms with E-state index in [-0.39, 0.29) is 23.5 Å². The topological polar surface area (TPSA) is 85.8 Å². The molecule has 39 heavy (non-hydrogen) atoms. The van der Waals surface area contributed by atoms with Crippen molar-refractivity contribution in [2.45, 2.75) is 56.2 Å². The summed E-state index contributed by atoms with van der Waals surface area (Å²) in [7, 11) is 3.29. The molecule has 1 aromatic heterocycles. The van der Waals surface area contributed by atoms with Crippen molar-refractivity contribution < 1.29 is 27.9 Å². The van der Waals surface area contributed by atoms with Crippen molar-refractivity contribution in [2.24, 2.45) is 5.92 Å². The van der Waals surface area contributed by atoms with Gasteiger partial charge in [0.15, 0.2) is 0 Å². The highest BCUT2D eigenvalue weighted by Crippen LogP contribution is 2.44. The minimum Gasteiger partial charge on any atom is -0.369 e. The number of nitrogens with zero attached hydrogens (tertiary/aromatic N) is 3. The van der Waals surface area contributed by atoms with Crippen molar-refractivity contribution in [1.29, 1.82) is 0 Å². The number of pyridine rings is 1. The molecule has 7 nitrogen and oxygen atoms in total. The van der Waals surface area contributed by atoms with Crippen LogP contribution >= 0.6 is 11.6 Å². The van der Waals surface area contributed by atoms with Crippen LogP contribution in [0.15, 0.2) is 36.4 Å². The highest BCUT2D eigenvalue weighted by Gasteiger charge is 2.60. The molecule has 0 unspecified atom stereocenters. The zero-order valence-corrected chi connectivity index (χ0v) is 22.9. The van der Waals surface area contributed by atoms with Gasteiger partial charge >= 0.3 is 6.18 Å². The van der Waals surface area contributed by atoms with Crippen LogP contribution < -0.4 is 10.2 Å². The van der Waals surface area contributed by atoms with E-state index in [1.54, 1.807) is 32.3 Å². The molecule has 1 saturated heterocycles.